The Balaban J connectivity index is 1.41. The number of carbonyl (C=O) groups excluding carboxylic acids is 1. The van der Waals surface area contributed by atoms with Crippen molar-refractivity contribution in [3.63, 3.8) is 0 Å². The molecule has 0 bridgehead atoms. The third kappa shape index (κ3) is 3.19. The van der Waals surface area contributed by atoms with E-state index in [1.54, 1.807) is 0 Å². The Hall–Kier alpha value is -0.570. The SMILES string of the molecule is CC(CN1CCCC1=O)NC1CCC2(CCCC2)CC1. The van der Waals surface area contributed by atoms with E-state index < -0.39 is 0 Å². The zero-order valence-electron chi connectivity index (χ0n) is 13.0. The number of likely N-dealkylation sites (tertiary alicyclic amines) is 1. The molecule has 3 aliphatic rings. The molecule has 3 fully saturated rings. The minimum atomic E-state index is 0.354. The number of rotatable bonds is 4. The van der Waals surface area contributed by atoms with Crippen LogP contribution < -0.4 is 5.32 Å². The third-order valence-corrected chi connectivity index (χ3v) is 5.90. The molecule has 114 valence electrons. The lowest BCUT2D eigenvalue weighted by Crippen LogP contribution is -2.46. The number of amides is 1. The molecule has 1 atom stereocenters. The van der Waals surface area contributed by atoms with Crippen LogP contribution in [-0.4, -0.2) is 36.0 Å². The molecule has 1 aliphatic heterocycles. The lowest BCUT2D eigenvalue weighted by molar-refractivity contribution is -0.128. The smallest absolute Gasteiger partial charge is 0.222 e. The molecule has 0 aromatic heterocycles. The van der Waals surface area contributed by atoms with E-state index in [1.165, 1.54) is 51.4 Å². The second-order valence-corrected chi connectivity index (χ2v) is 7.49. The average Bonchev–Trinajstić information content (AvgIpc) is 3.04. The van der Waals surface area contributed by atoms with Crippen LogP contribution in [0.25, 0.3) is 0 Å². The highest BCUT2D eigenvalue weighted by Gasteiger charge is 2.37. The zero-order valence-corrected chi connectivity index (χ0v) is 13.0. The van der Waals surface area contributed by atoms with Gasteiger partial charge < -0.3 is 10.2 Å². The second kappa shape index (κ2) is 6.05. The van der Waals surface area contributed by atoms with Gasteiger partial charge >= 0.3 is 0 Å². The predicted molar refractivity (Wildman–Crippen MR) is 81.6 cm³/mol. The third-order valence-electron chi connectivity index (χ3n) is 5.90. The molecule has 1 unspecified atom stereocenters. The van der Waals surface area contributed by atoms with Gasteiger partial charge in [-0.05, 0) is 57.3 Å². The molecule has 2 saturated carbocycles. The summed E-state index contributed by atoms with van der Waals surface area (Å²) in [5, 5.41) is 3.78. The molecule has 20 heavy (non-hydrogen) atoms. The minimum Gasteiger partial charge on any atom is -0.341 e. The number of carbonyl (C=O) groups is 1. The van der Waals surface area contributed by atoms with E-state index in [2.05, 4.69) is 12.2 Å². The first-order valence-corrected chi connectivity index (χ1v) is 8.71. The van der Waals surface area contributed by atoms with Crippen LogP contribution in [0.2, 0.25) is 0 Å². The normalized spacial score (nSPS) is 28.4. The summed E-state index contributed by atoms with van der Waals surface area (Å²) in [6, 6.07) is 1.13. The fourth-order valence-corrected chi connectivity index (χ4v) is 4.70. The number of nitrogens with one attached hydrogen (secondary N) is 1. The van der Waals surface area contributed by atoms with Gasteiger partial charge in [0.15, 0.2) is 0 Å². The van der Waals surface area contributed by atoms with Crippen molar-refractivity contribution in [1.29, 1.82) is 0 Å². The average molecular weight is 278 g/mol. The highest BCUT2D eigenvalue weighted by molar-refractivity contribution is 5.78. The van der Waals surface area contributed by atoms with Crippen molar-refractivity contribution >= 4 is 5.91 Å². The Morgan fingerprint density at radius 2 is 1.90 bits per heavy atom. The highest BCUT2D eigenvalue weighted by Crippen LogP contribution is 2.48. The summed E-state index contributed by atoms with van der Waals surface area (Å²) in [5.41, 5.74) is 0.729. The first-order chi connectivity index (χ1) is 9.67. The summed E-state index contributed by atoms with van der Waals surface area (Å²) in [6.07, 6.45) is 13.3. The summed E-state index contributed by atoms with van der Waals surface area (Å²) in [4.78, 5) is 13.7. The number of hydrogen-bond donors (Lipinski definition) is 1. The zero-order chi connectivity index (χ0) is 14.0. The molecule has 2 aliphatic carbocycles. The molecule has 0 radical (unpaired) electrons. The van der Waals surface area contributed by atoms with Crippen LogP contribution in [0, 0.1) is 5.41 Å². The van der Waals surface area contributed by atoms with E-state index in [1.807, 2.05) is 4.90 Å². The van der Waals surface area contributed by atoms with Gasteiger partial charge in [0.05, 0.1) is 0 Å². The molecule has 3 nitrogen and oxygen atoms in total. The topological polar surface area (TPSA) is 32.3 Å². The largest absolute Gasteiger partial charge is 0.341 e. The molecule has 1 N–H and O–H groups in total. The van der Waals surface area contributed by atoms with Gasteiger partial charge in [-0.25, -0.2) is 0 Å². The van der Waals surface area contributed by atoms with Crippen LogP contribution in [0.3, 0.4) is 0 Å². The van der Waals surface area contributed by atoms with Gasteiger partial charge in [-0.2, -0.15) is 0 Å². The second-order valence-electron chi connectivity index (χ2n) is 7.49. The summed E-state index contributed by atoms with van der Waals surface area (Å²) in [7, 11) is 0. The van der Waals surface area contributed by atoms with Gasteiger partial charge in [-0.15, -0.1) is 0 Å². The van der Waals surface area contributed by atoms with Gasteiger partial charge in [0.2, 0.25) is 5.91 Å². The van der Waals surface area contributed by atoms with Crippen molar-refractivity contribution in [2.24, 2.45) is 5.41 Å². The van der Waals surface area contributed by atoms with Crippen LogP contribution in [0.1, 0.15) is 71.1 Å². The van der Waals surface area contributed by atoms with Crippen LogP contribution >= 0.6 is 0 Å². The summed E-state index contributed by atoms with van der Waals surface area (Å²) >= 11 is 0. The van der Waals surface area contributed by atoms with Crippen molar-refractivity contribution in [3.05, 3.63) is 0 Å². The predicted octanol–water partition coefficient (Wildman–Crippen LogP) is 3.09. The van der Waals surface area contributed by atoms with Crippen LogP contribution in [0.5, 0.6) is 0 Å². The van der Waals surface area contributed by atoms with E-state index in [0.717, 1.165) is 31.3 Å². The first-order valence-electron chi connectivity index (χ1n) is 8.71. The molecule has 1 heterocycles. The Labute approximate surface area is 123 Å². The van der Waals surface area contributed by atoms with Crippen LogP contribution in [-0.2, 0) is 4.79 Å². The minimum absolute atomic E-state index is 0.354. The molecule has 3 rings (SSSR count). The lowest BCUT2D eigenvalue weighted by Gasteiger charge is -2.39. The standard InChI is InChI=1S/C17H30N2O/c1-14(13-19-12-4-5-16(19)20)18-15-6-10-17(11-7-15)8-2-3-9-17/h14-15,18H,2-13H2,1H3. The van der Waals surface area contributed by atoms with Crippen molar-refractivity contribution in [2.45, 2.75) is 83.2 Å². The van der Waals surface area contributed by atoms with Crippen LogP contribution in [0.4, 0.5) is 0 Å². The fourth-order valence-electron chi connectivity index (χ4n) is 4.70. The lowest BCUT2D eigenvalue weighted by atomic mass is 9.71. The van der Waals surface area contributed by atoms with Crippen molar-refractivity contribution < 1.29 is 4.79 Å². The number of hydrogen-bond acceptors (Lipinski definition) is 2. The molecule has 1 saturated heterocycles. The van der Waals surface area contributed by atoms with E-state index in [0.29, 0.717) is 18.0 Å². The van der Waals surface area contributed by atoms with Crippen molar-refractivity contribution in [3.8, 4) is 0 Å². The van der Waals surface area contributed by atoms with Crippen LogP contribution in [0.15, 0.2) is 0 Å². The molecule has 0 aromatic carbocycles. The molecule has 3 heteroatoms. The van der Waals surface area contributed by atoms with Gasteiger partial charge in [0.25, 0.3) is 0 Å². The Bertz CT molecular complexity index is 339. The highest BCUT2D eigenvalue weighted by atomic mass is 16.2. The van der Waals surface area contributed by atoms with Gasteiger partial charge in [0, 0.05) is 31.6 Å². The van der Waals surface area contributed by atoms with E-state index in [4.69, 9.17) is 0 Å². The number of nitrogens with zero attached hydrogens (tertiary/aromatic N) is 1. The monoisotopic (exact) mass is 278 g/mol. The molecular formula is C17H30N2O. The summed E-state index contributed by atoms with van der Waals surface area (Å²) < 4.78 is 0. The molecule has 0 aromatic rings. The van der Waals surface area contributed by atoms with Gasteiger partial charge in [0.1, 0.15) is 0 Å². The van der Waals surface area contributed by atoms with Gasteiger partial charge in [-0.1, -0.05) is 12.8 Å². The molecular weight excluding hydrogens is 248 g/mol. The Morgan fingerprint density at radius 3 is 2.50 bits per heavy atom. The van der Waals surface area contributed by atoms with Crippen molar-refractivity contribution in [2.75, 3.05) is 13.1 Å². The quantitative estimate of drug-likeness (QED) is 0.857. The summed E-state index contributed by atoms with van der Waals surface area (Å²) in [5.74, 6) is 0.354. The summed E-state index contributed by atoms with van der Waals surface area (Å²) in [6.45, 7) is 4.12. The maximum absolute atomic E-state index is 11.7. The maximum atomic E-state index is 11.7. The fraction of sp³-hybridized carbons (Fsp3) is 0.941. The maximum Gasteiger partial charge on any atom is 0.222 e. The molecule has 1 amide bonds. The Morgan fingerprint density at radius 1 is 1.20 bits per heavy atom. The Kier molecular flexibility index (Phi) is 4.34. The first kappa shape index (κ1) is 14.4. The van der Waals surface area contributed by atoms with E-state index >= 15 is 0 Å². The van der Waals surface area contributed by atoms with Gasteiger partial charge in [-0.3, -0.25) is 4.79 Å². The van der Waals surface area contributed by atoms with E-state index in [9.17, 15) is 4.79 Å². The van der Waals surface area contributed by atoms with Crippen molar-refractivity contribution in [1.82, 2.24) is 10.2 Å². The molecule has 1 spiro atoms. The van der Waals surface area contributed by atoms with E-state index in [-0.39, 0.29) is 0 Å².